The van der Waals surface area contributed by atoms with Crippen molar-refractivity contribution in [2.24, 2.45) is 5.16 Å². The number of benzene rings is 4. The number of fused-ring (bicyclic) bond motifs is 1. The highest BCUT2D eigenvalue weighted by atomic mass is 16.6. The Morgan fingerprint density at radius 3 is 2.53 bits per heavy atom. The first-order chi connectivity index (χ1) is 15.6. The molecule has 0 heterocycles. The van der Waals surface area contributed by atoms with Gasteiger partial charge in [-0.05, 0) is 34.9 Å². The first-order valence-corrected chi connectivity index (χ1v) is 10.2. The van der Waals surface area contributed by atoms with Crippen LogP contribution >= 0.6 is 0 Å². The molecule has 4 rings (SSSR count). The molecule has 6 heteroatoms. The minimum absolute atomic E-state index is 0.0240. The molecule has 0 saturated carbocycles. The fourth-order valence-corrected chi connectivity index (χ4v) is 3.34. The van der Waals surface area contributed by atoms with Gasteiger partial charge in [-0.3, -0.25) is 10.1 Å². The van der Waals surface area contributed by atoms with E-state index in [-0.39, 0.29) is 12.3 Å². The number of hydrogen-bond acceptors (Lipinski definition) is 5. The summed E-state index contributed by atoms with van der Waals surface area (Å²) in [7, 11) is 0. The second-order valence-electron chi connectivity index (χ2n) is 7.41. The zero-order valence-electron chi connectivity index (χ0n) is 17.6. The molecular weight excluding hydrogens is 404 g/mol. The SMILES string of the molecule is Cc1ccc(COc2ccc3ccccc3c2/C=N\OCc2cccc([N+](=O)[O-])c2)cc1. The number of non-ortho nitro benzene ring substituents is 1. The minimum atomic E-state index is -0.430. The molecule has 0 amide bonds. The van der Waals surface area contributed by atoms with E-state index in [1.54, 1.807) is 18.3 Å². The Hall–Kier alpha value is -4.19. The first-order valence-electron chi connectivity index (χ1n) is 10.2. The van der Waals surface area contributed by atoms with Crippen LogP contribution in [0.3, 0.4) is 0 Å². The van der Waals surface area contributed by atoms with Gasteiger partial charge in [0.25, 0.3) is 5.69 Å². The summed E-state index contributed by atoms with van der Waals surface area (Å²) in [6.45, 7) is 2.62. The van der Waals surface area contributed by atoms with Crippen LogP contribution in [0.4, 0.5) is 5.69 Å². The second-order valence-corrected chi connectivity index (χ2v) is 7.41. The number of aryl methyl sites for hydroxylation is 1. The predicted octanol–water partition coefficient (Wildman–Crippen LogP) is 6.19. The molecule has 0 fully saturated rings. The van der Waals surface area contributed by atoms with Gasteiger partial charge in [0.05, 0.1) is 11.1 Å². The molecule has 0 aliphatic heterocycles. The van der Waals surface area contributed by atoms with Crippen LogP contribution in [0.1, 0.15) is 22.3 Å². The van der Waals surface area contributed by atoms with Gasteiger partial charge in [-0.15, -0.1) is 0 Å². The van der Waals surface area contributed by atoms with E-state index in [0.717, 1.165) is 21.9 Å². The zero-order chi connectivity index (χ0) is 22.3. The van der Waals surface area contributed by atoms with Gasteiger partial charge in [0.1, 0.15) is 19.0 Å². The van der Waals surface area contributed by atoms with Gasteiger partial charge in [-0.2, -0.15) is 0 Å². The van der Waals surface area contributed by atoms with Crippen molar-refractivity contribution in [1.29, 1.82) is 0 Å². The lowest BCUT2D eigenvalue weighted by Crippen LogP contribution is -1.99. The Morgan fingerprint density at radius 1 is 0.906 bits per heavy atom. The Bertz CT molecular complexity index is 1270. The smallest absolute Gasteiger partial charge is 0.269 e. The largest absolute Gasteiger partial charge is 0.488 e. The second kappa shape index (κ2) is 9.75. The van der Waals surface area contributed by atoms with Crippen molar-refractivity contribution < 1.29 is 14.5 Å². The maximum atomic E-state index is 10.9. The van der Waals surface area contributed by atoms with Crippen molar-refractivity contribution in [2.45, 2.75) is 20.1 Å². The van der Waals surface area contributed by atoms with Crippen molar-refractivity contribution >= 4 is 22.7 Å². The molecule has 4 aromatic carbocycles. The van der Waals surface area contributed by atoms with Crippen LogP contribution < -0.4 is 4.74 Å². The van der Waals surface area contributed by atoms with Gasteiger partial charge in [0.2, 0.25) is 0 Å². The molecule has 0 aliphatic carbocycles. The number of rotatable bonds is 8. The van der Waals surface area contributed by atoms with Crippen molar-refractivity contribution in [3.63, 3.8) is 0 Å². The number of oxime groups is 1. The van der Waals surface area contributed by atoms with Gasteiger partial charge in [-0.25, -0.2) is 0 Å². The predicted molar refractivity (Wildman–Crippen MR) is 125 cm³/mol. The summed E-state index contributed by atoms with van der Waals surface area (Å²) in [6.07, 6.45) is 1.63. The van der Waals surface area contributed by atoms with Gasteiger partial charge >= 0.3 is 0 Å². The highest BCUT2D eigenvalue weighted by Crippen LogP contribution is 2.27. The molecule has 0 radical (unpaired) electrons. The maximum absolute atomic E-state index is 10.9. The van der Waals surface area contributed by atoms with Crippen LogP contribution in [-0.4, -0.2) is 11.1 Å². The quantitative estimate of drug-likeness (QED) is 0.191. The van der Waals surface area contributed by atoms with E-state index in [1.165, 1.54) is 17.7 Å². The molecule has 4 aromatic rings. The third kappa shape index (κ3) is 5.10. The molecular formula is C26H22N2O4. The summed E-state index contributed by atoms with van der Waals surface area (Å²) >= 11 is 0. The Balaban J connectivity index is 1.53. The molecule has 32 heavy (non-hydrogen) atoms. The highest BCUT2D eigenvalue weighted by Gasteiger charge is 2.09. The van der Waals surface area contributed by atoms with Gasteiger partial charge < -0.3 is 9.57 Å². The van der Waals surface area contributed by atoms with Crippen LogP contribution in [0.25, 0.3) is 10.8 Å². The molecule has 0 unspecified atom stereocenters. The molecule has 0 aromatic heterocycles. The standard InChI is InChI=1S/C26H22N2O4/c1-19-9-11-20(12-10-19)17-31-26-14-13-22-6-2-3-8-24(22)25(26)16-27-32-18-21-5-4-7-23(15-21)28(29)30/h2-16H,17-18H2,1H3/b27-16-. The Morgan fingerprint density at radius 2 is 1.72 bits per heavy atom. The van der Waals surface area contributed by atoms with E-state index in [9.17, 15) is 10.1 Å². The van der Waals surface area contributed by atoms with Crippen LogP contribution in [-0.2, 0) is 18.1 Å². The lowest BCUT2D eigenvalue weighted by atomic mass is 10.0. The normalized spacial score (nSPS) is 11.0. The summed E-state index contributed by atoms with van der Waals surface area (Å²) in [5.74, 6) is 0.701. The molecule has 0 spiro atoms. The minimum Gasteiger partial charge on any atom is -0.488 e. The summed E-state index contributed by atoms with van der Waals surface area (Å²) in [4.78, 5) is 15.9. The van der Waals surface area contributed by atoms with Crippen LogP contribution in [0.15, 0.2) is 90.1 Å². The Kier molecular flexibility index (Phi) is 6.41. The molecule has 6 nitrogen and oxygen atoms in total. The van der Waals surface area contributed by atoms with Gasteiger partial charge in [0.15, 0.2) is 0 Å². The van der Waals surface area contributed by atoms with Crippen molar-refractivity contribution in [3.05, 3.63) is 117 Å². The Labute approximate surface area is 185 Å². The number of hydrogen-bond donors (Lipinski definition) is 0. The van der Waals surface area contributed by atoms with Crippen LogP contribution in [0.5, 0.6) is 5.75 Å². The van der Waals surface area contributed by atoms with E-state index in [4.69, 9.17) is 9.57 Å². The molecule has 0 atom stereocenters. The fraction of sp³-hybridized carbons (Fsp3) is 0.115. The lowest BCUT2D eigenvalue weighted by molar-refractivity contribution is -0.384. The molecule has 0 bridgehead atoms. The molecule has 0 N–H and O–H groups in total. The third-order valence-corrected chi connectivity index (χ3v) is 5.05. The lowest BCUT2D eigenvalue weighted by Gasteiger charge is -2.12. The number of ether oxygens (including phenoxy) is 1. The summed E-state index contributed by atoms with van der Waals surface area (Å²) in [5, 5.41) is 17.1. The van der Waals surface area contributed by atoms with Crippen LogP contribution in [0, 0.1) is 17.0 Å². The zero-order valence-corrected chi connectivity index (χ0v) is 17.6. The summed E-state index contributed by atoms with van der Waals surface area (Å²) in [5.41, 5.74) is 3.79. The summed E-state index contributed by atoms with van der Waals surface area (Å²) < 4.78 is 6.11. The monoisotopic (exact) mass is 426 g/mol. The molecule has 160 valence electrons. The topological polar surface area (TPSA) is 74.0 Å². The van der Waals surface area contributed by atoms with E-state index < -0.39 is 4.92 Å². The average Bonchev–Trinajstić information content (AvgIpc) is 2.82. The fourth-order valence-electron chi connectivity index (χ4n) is 3.34. The van der Waals surface area contributed by atoms with Gasteiger partial charge in [0, 0.05) is 17.7 Å². The van der Waals surface area contributed by atoms with Crippen molar-refractivity contribution in [2.75, 3.05) is 0 Å². The van der Waals surface area contributed by atoms with Crippen LogP contribution in [0.2, 0.25) is 0 Å². The molecule has 0 saturated heterocycles. The van der Waals surface area contributed by atoms with E-state index in [2.05, 4.69) is 24.2 Å². The summed E-state index contributed by atoms with van der Waals surface area (Å²) in [6, 6.07) is 26.5. The van der Waals surface area contributed by atoms with Crippen molar-refractivity contribution in [1.82, 2.24) is 0 Å². The average molecular weight is 426 g/mol. The first kappa shape index (κ1) is 21.1. The number of nitrogens with zero attached hydrogens (tertiary/aromatic N) is 2. The van der Waals surface area contributed by atoms with Crippen molar-refractivity contribution in [3.8, 4) is 5.75 Å². The number of nitro groups is 1. The van der Waals surface area contributed by atoms with Gasteiger partial charge in [-0.1, -0.05) is 77.4 Å². The highest BCUT2D eigenvalue weighted by molar-refractivity contribution is 6.02. The van der Waals surface area contributed by atoms with E-state index in [1.807, 2.05) is 48.5 Å². The maximum Gasteiger partial charge on any atom is 0.269 e. The number of nitro benzene ring substituents is 1. The van der Waals surface area contributed by atoms with E-state index in [0.29, 0.717) is 17.9 Å². The molecule has 0 aliphatic rings. The third-order valence-electron chi connectivity index (χ3n) is 5.05. The van der Waals surface area contributed by atoms with E-state index >= 15 is 0 Å².